The summed E-state index contributed by atoms with van der Waals surface area (Å²) in [5, 5.41) is 8.08. The SMILES string of the molecule is CCC(NCc1cscc1C)c1ccc(Br)cc1. The summed E-state index contributed by atoms with van der Waals surface area (Å²) in [6, 6.07) is 9.01. The maximum Gasteiger partial charge on any atom is 0.0320 e. The Labute approximate surface area is 121 Å². The monoisotopic (exact) mass is 323 g/mol. The molecule has 0 spiro atoms. The van der Waals surface area contributed by atoms with E-state index >= 15 is 0 Å². The van der Waals surface area contributed by atoms with Crippen molar-refractivity contribution in [3.8, 4) is 0 Å². The lowest BCUT2D eigenvalue weighted by Crippen LogP contribution is -2.20. The third-order valence-electron chi connectivity index (χ3n) is 3.18. The molecule has 3 heteroatoms. The van der Waals surface area contributed by atoms with E-state index in [2.05, 4.69) is 70.1 Å². The van der Waals surface area contributed by atoms with E-state index in [9.17, 15) is 0 Å². The van der Waals surface area contributed by atoms with Gasteiger partial charge >= 0.3 is 0 Å². The van der Waals surface area contributed by atoms with Gasteiger partial charge < -0.3 is 5.32 Å². The Hall–Kier alpha value is -0.640. The molecule has 1 heterocycles. The van der Waals surface area contributed by atoms with Crippen molar-refractivity contribution in [1.82, 2.24) is 5.32 Å². The van der Waals surface area contributed by atoms with Gasteiger partial charge in [0.2, 0.25) is 0 Å². The fraction of sp³-hybridized carbons (Fsp3) is 0.333. The van der Waals surface area contributed by atoms with E-state index in [0.717, 1.165) is 17.4 Å². The quantitative estimate of drug-likeness (QED) is 0.810. The highest BCUT2D eigenvalue weighted by atomic mass is 79.9. The number of thiophene rings is 1. The van der Waals surface area contributed by atoms with Crippen LogP contribution in [0.1, 0.15) is 36.1 Å². The Morgan fingerprint density at radius 3 is 2.50 bits per heavy atom. The molecule has 0 saturated heterocycles. The van der Waals surface area contributed by atoms with E-state index in [1.165, 1.54) is 16.7 Å². The van der Waals surface area contributed by atoms with E-state index in [1.54, 1.807) is 11.3 Å². The highest BCUT2D eigenvalue weighted by Gasteiger charge is 2.09. The fourth-order valence-corrected chi connectivity index (χ4v) is 3.12. The molecule has 1 unspecified atom stereocenters. The minimum atomic E-state index is 0.428. The van der Waals surface area contributed by atoms with Gasteiger partial charge in [-0.3, -0.25) is 0 Å². The number of halogens is 1. The highest BCUT2D eigenvalue weighted by Crippen LogP contribution is 2.21. The van der Waals surface area contributed by atoms with Gasteiger partial charge in [-0.15, -0.1) is 0 Å². The van der Waals surface area contributed by atoms with Gasteiger partial charge in [0.1, 0.15) is 0 Å². The van der Waals surface area contributed by atoms with Gasteiger partial charge in [-0.2, -0.15) is 11.3 Å². The van der Waals surface area contributed by atoms with Crippen molar-refractivity contribution in [3.63, 3.8) is 0 Å². The molecule has 0 saturated carbocycles. The van der Waals surface area contributed by atoms with E-state index in [-0.39, 0.29) is 0 Å². The fourth-order valence-electron chi connectivity index (χ4n) is 1.99. The lowest BCUT2D eigenvalue weighted by molar-refractivity contribution is 0.518. The zero-order valence-corrected chi connectivity index (χ0v) is 13.1. The zero-order valence-electron chi connectivity index (χ0n) is 10.7. The summed E-state index contributed by atoms with van der Waals surface area (Å²) in [6.07, 6.45) is 1.10. The summed E-state index contributed by atoms with van der Waals surface area (Å²) in [6.45, 7) is 5.35. The van der Waals surface area contributed by atoms with Crippen LogP contribution in [0.2, 0.25) is 0 Å². The van der Waals surface area contributed by atoms with E-state index < -0.39 is 0 Å². The van der Waals surface area contributed by atoms with E-state index in [4.69, 9.17) is 0 Å². The summed E-state index contributed by atoms with van der Waals surface area (Å²) in [5.41, 5.74) is 4.15. The first-order valence-electron chi connectivity index (χ1n) is 6.21. The maximum atomic E-state index is 3.64. The van der Waals surface area contributed by atoms with Crippen molar-refractivity contribution in [2.45, 2.75) is 32.9 Å². The molecule has 2 rings (SSSR count). The molecule has 0 aliphatic rings. The Kier molecular flexibility index (Phi) is 4.98. The van der Waals surface area contributed by atoms with Crippen LogP contribution in [0.3, 0.4) is 0 Å². The number of hydrogen-bond acceptors (Lipinski definition) is 2. The molecule has 1 nitrogen and oxygen atoms in total. The Morgan fingerprint density at radius 1 is 1.22 bits per heavy atom. The van der Waals surface area contributed by atoms with Crippen LogP contribution >= 0.6 is 27.3 Å². The first-order chi connectivity index (χ1) is 8.70. The van der Waals surface area contributed by atoms with Crippen LogP contribution < -0.4 is 5.32 Å². The number of benzene rings is 1. The van der Waals surface area contributed by atoms with Crippen LogP contribution in [0, 0.1) is 6.92 Å². The molecule has 0 radical (unpaired) electrons. The van der Waals surface area contributed by atoms with Crippen molar-refractivity contribution in [1.29, 1.82) is 0 Å². The minimum absolute atomic E-state index is 0.428. The van der Waals surface area contributed by atoms with Crippen LogP contribution in [0.15, 0.2) is 39.5 Å². The lowest BCUT2D eigenvalue weighted by Gasteiger charge is -2.17. The molecule has 0 amide bonds. The molecule has 0 fully saturated rings. The second kappa shape index (κ2) is 6.50. The second-order valence-electron chi connectivity index (χ2n) is 4.47. The van der Waals surface area contributed by atoms with Gasteiger partial charge in [0.05, 0.1) is 0 Å². The molecule has 1 N–H and O–H groups in total. The molecular weight excluding hydrogens is 306 g/mol. The molecule has 0 aliphatic heterocycles. The predicted molar refractivity (Wildman–Crippen MR) is 83.1 cm³/mol. The van der Waals surface area contributed by atoms with E-state index in [0.29, 0.717) is 6.04 Å². The van der Waals surface area contributed by atoms with Crippen molar-refractivity contribution >= 4 is 27.3 Å². The first kappa shape index (κ1) is 13.8. The van der Waals surface area contributed by atoms with Crippen LogP contribution in [0.4, 0.5) is 0 Å². The normalized spacial score (nSPS) is 12.6. The van der Waals surface area contributed by atoms with Crippen molar-refractivity contribution in [2.75, 3.05) is 0 Å². The zero-order chi connectivity index (χ0) is 13.0. The third kappa shape index (κ3) is 3.44. The smallest absolute Gasteiger partial charge is 0.0320 e. The molecule has 18 heavy (non-hydrogen) atoms. The third-order valence-corrected chi connectivity index (χ3v) is 4.62. The van der Waals surface area contributed by atoms with Crippen molar-refractivity contribution in [3.05, 3.63) is 56.2 Å². The maximum absolute atomic E-state index is 3.64. The second-order valence-corrected chi connectivity index (χ2v) is 6.13. The lowest BCUT2D eigenvalue weighted by atomic mass is 10.0. The molecule has 0 aliphatic carbocycles. The Bertz CT molecular complexity index is 489. The van der Waals surface area contributed by atoms with Gasteiger partial charge in [0.25, 0.3) is 0 Å². The van der Waals surface area contributed by atoms with Gasteiger partial charge in [0.15, 0.2) is 0 Å². The standard InChI is InChI=1S/C15H18BrNS/c1-3-15(12-4-6-14(16)7-5-12)17-8-13-10-18-9-11(13)2/h4-7,9-10,15,17H,3,8H2,1-2H3. The van der Waals surface area contributed by atoms with Gasteiger partial charge in [-0.25, -0.2) is 0 Å². The summed E-state index contributed by atoms with van der Waals surface area (Å²) in [7, 11) is 0. The topological polar surface area (TPSA) is 12.0 Å². The predicted octanol–water partition coefficient (Wildman–Crippen LogP) is 5.06. The summed E-state index contributed by atoms with van der Waals surface area (Å²) < 4.78 is 1.13. The van der Waals surface area contributed by atoms with Gasteiger partial charge in [-0.05, 0) is 52.9 Å². The summed E-state index contributed by atoms with van der Waals surface area (Å²) in [5.74, 6) is 0. The number of hydrogen-bond donors (Lipinski definition) is 1. The minimum Gasteiger partial charge on any atom is -0.306 e. The first-order valence-corrected chi connectivity index (χ1v) is 7.94. The van der Waals surface area contributed by atoms with Crippen molar-refractivity contribution < 1.29 is 0 Å². The summed E-state index contributed by atoms with van der Waals surface area (Å²) >= 11 is 5.25. The van der Waals surface area contributed by atoms with Crippen molar-refractivity contribution in [2.24, 2.45) is 0 Å². The molecule has 0 bridgehead atoms. The largest absolute Gasteiger partial charge is 0.306 e. The molecule has 1 atom stereocenters. The number of aryl methyl sites for hydroxylation is 1. The highest BCUT2D eigenvalue weighted by molar-refractivity contribution is 9.10. The Morgan fingerprint density at radius 2 is 1.94 bits per heavy atom. The van der Waals surface area contributed by atoms with Crippen LogP contribution in [-0.2, 0) is 6.54 Å². The molecule has 1 aromatic heterocycles. The van der Waals surface area contributed by atoms with Crippen LogP contribution in [0.5, 0.6) is 0 Å². The van der Waals surface area contributed by atoms with E-state index in [1.807, 2.05) is 0 Å². The molecule has 96 valence electrons. The van der Waals surface area contributed by atoms with Crippen LogP contribution in [0.25, 0.3) is 0 Å². The molecule has 2 aromatic rings. The van der Waals surface area contributed by atoms with Gasteiger partial charge in [0, 0.05) is 17.1 Å². The molecule has 1 aromatic carbocycles. The van der Waals surface area contributed by atoms with Gasteiger partial charge in [-0.1, -0.05) is 35.0 Å². The average Bonchev–Trinajstić information content (AvgIpc) is 2.78. The Balaban J connectivity index is 2.01. The molecular formula is C15H18BrNS. The summed E-state index contributed by atoms with van der Waals surface area (Å²) in [4.78, 5) is 0. The average molecular weight is 324 g/mol. The number of nitrogens with one attached hydrogen (secondary N) is 1. The number of rotatable bonds is 5. The van der Waals surface area contributed by atoms with Crippen LogP contribution in [-0.4, -0.2) is 0 Å².